The summed E-state index contributed by atoms with van der Waals surface area (Å²) < 4.78 is 19.3. The van der Waals surface area contributed by atoms with Crippen molar-refractivity contribution in [2.45, 2.75) is 44.6 Å². The minimum atomic E-state index is -0.942. The summed E-state index contributed by atoms with van der Waals surface area (Å²) in [5, 5.41) is 10.8. The third-order valence-corrected chi connectivity index (χ3v) is 5.62. The number of rotatable bonds is 8. The molecule has 148 valence electrons. The average molecular weight is 384 g/mol. The molecule has 0 bridgehead atoms. The maximum atomic E-state index is 13.4. The minimum Gasteiger partial charge on any atom is -0.477 e. The molecule has 6 heteroatoms. The number of nitrogens with zero attached hydrogens (tertiary/aromatic N) is 1. The molecule has 2 aliphatic carbocycles. The van der Waals surface area contributed by atoms with E-state index in [9.17, 15) is 14.3 Å². The molecule has 28 heavy (non-hydrogen) atoms. The fourth-order valence-corrected chi connectivity index (χ4v) is 3.50. The van der Waals surface area contributed by atoms with Gasteiger partial charge in [0.15, 0.2) is 0 Å². The second-order valence-corrected chi connectivity index (χ2v) is 8.27. The summed E-state index contributed by atoms with van der Waals surface area (Å²) in [6, 6.07) is 7.62. The van der Waals surface area contributed by atoms with Crippen molar-refractivity contribution in [3.63, 3.8) is 0 Å². The Morgan fingerprint density at radius 3 is 2.54 bits per heavy atom. The monoisotopic (exact) mass is 384 g/mol. The zero-order valence-corrected chi connectivity index (χ0v) is 16.0. The molecule has 5 nitrogen and oxygen atoms in total. The van der Waals surface area contributed by atoms with Crippen LogP contribution in [0.2, 0.25) is 0 Å². The highest BCUT2D eigenvalue weighted by Gasteiger charge is 2.41. The summed E-state index contributed by atoms with van der Waals surface area (Å²) in [6.07, 6.45) is 4.44. The van der Waals surface area contributed by atoms with Gasteiger partial charge in [-0.1, -0.05) is 12.1 Å². The van der Waals surface area contributed by atoms with Crippen LogP contribution >= 0.6 is 0 Å². The molecule has 0 radical (unpaired) electrons. The Morgan fingerprint density at radius 1 is 1.29 bits per heavy atom. The minimum absolute atomic E-state index is 0.211. The summed E-state index contributed by atoms with van der Waals surface area (Å²) in [5.41, 5.74) is 6.68. The molecule has 0 spiro atoms. The Balaban J connectivity index is 1.75. The summed E-state index contributed by atoms with van der Waals surface area (Å²) in [6.45, 7) is 2.32. The number of halogens is 1. The van der Waals surface area contributed by atoms with Gasteiger partial charge in [-0.25, -0.2) is 9.37 Å². The van der Waals surface area contributed by atoms with Gasteiger partial charge in [0, 0.05) is 12.0 Å². The fourth-order valence-electron chi connectivity index (χ4n) is 3.50. The standard InChI is InChI=1S/C22H25FN2O3/c1-22(27,15-6-7-15)11-19-18(20(24)26)10-17(14-4-8-16(23)9-5-14)21(25-19)28-12-13-2-3-13/h4-5,8-10,13,15,27H,2-3,6-7,11-12H2,1H3,(H2,24,26)/t22-/m1/s1. The number of aliphatic hydroxyl groups is 1. The van der Waals surface area contributed by atoms with Crippen LogP contribution < -0.4 is 10.5 Å². The van der Waals surface area contributed by atoms with Gasteiger partial charge >= 0.3 is 0 Å². The van der Waals surface area contributed by atoms with Crippen LogP contribution in [0.25, 0.3) is 11.1 Å². The van der Waals surface area contributed by atoms with Crippen LogP contribution in [0.3, 0.4) is 0 Å². The number of ether oxygens (including phenoxy) is 1. The molecule has 1 heterocycles. The highest BCUT2D eigenvalue weighted by Crippen LogP contribution is 2.42. The number of pyridine rings is 1. The van der Waals surface area contributed by atoms with E-state index in [1.807, 2.05) is 0 Å². The molecule has 4 rings (SSSR count). The lowest BCUT2D eigenvalue weighted by atomic mass is 9.91. The number of benzene rings is 1. The predicted octanol–water partition coefficient (Wildman–Crippen LogP) is 3.48. The molecule has 2 fully saturated rings. The number of hydrogen-bond acceptors (Lipinski definition) is 4. The number of aromatic nitrogens is 1. The summed E-state index contributed by atoms with van der Waals surface area (Å²) in [5.74, 6) is 0.181. The number of carbonyl (C=O) groups excluding carboxylic acids is 1. The number of primary amides is 1. The molecule has 2 saturated carbocycles. The quantitative estimate of drug-likeness (QED) is 0.730. The molecule has 2 aromatic rings. The highest BCUT2D eigenvalue weighted by molar-refractivity contribution is 5.95. The zero-order valence-electron chi connectivity index (χ0n) is 16.0. The van der Waals surface area contributed by atoms with Crippen molar-refractivity contribution >= 4 is 5.91 Å². The van der Waals surface area contributed by atoms with E-state index in [2.05, 4.69) is 4.98 Å². The van der Waals surface area contributed by atoms with E-state index in [1.165, 1.54) is 12.1 Å². The van der Waals surface area contributed by atoms with Crippen LogP contribution in [-0.4, -0.2) is 28.2 Å². The average Bonchev–Trinajstić information content (AvgIpc) is 3.54. The fraction of sp³-hybridized carbons (Fsp3) is 0.455. The topological polar surface area (TPSA) is 85.4 Å². The van der Waals surface area contributed by atoms with Gasteiger partial charge < -0.3 is 15.6 Å². The Hall–Kier alpha value is -2.47. The first-order chi connectivity index (χ1) is 13.3. The molecular formula is C22H25FN2O3. The largest absolute Gasteiger partial charge is 0.477 e. The Morgan fingerprint density at radius 2 is 1.96 bits per heavy atom. The zero-order chi connectivity index (χ0) is 19.9. The molecule has 1 aromatic carbocycles. The first kappa shape index (κ1) is 18.9. The molecule has 0 unspecified atom stereocenters. The van der Waals surface area contributed by atoms with E-state index in [0.717, 1.165) is 25.7 Å². The maximum absolute atomic E-state index is 13.4. The van der Waals surface area contributed by atoms with Gasteiger partial charge in [0.2, 0.25) is 5.88 Å². The normalized spacial score (nSPS) is 18.5. The van der Waals surface area contributed by atoms with Gasteiger partial charge in [-0.15, -0.1) is 0 Å². The predicted molar refractivity (Wildman–Crippen MR) is 103 cm³/mol. The molecule has 0 aliphatic heterocycles. The van der Waals surface area contributed by atoms with Crippen LogP contribution in [0, 0.1) is 17.7 Å². The van der Waals surface area contributed by atoms with Gasteiger partial charge in [-0.3, -0.25) is 4.79 Å². The van der Waals surface area contributed by atoms with Crippen molar-refractivity contribution < 1.29 is 19.0 Å². The van der Waals surface area contributed by atoms with Crippen molar-refractivity contribution in [3.8, 4) is 17.0 Å². The first-order valence-electron chi connectivity index (χ1n) is 9.78. The Kier molecular flexibility index (Phi) is 4.83. The van der Waals surface area contributed by atoms with E-state index in [1.54, 1.807) is 25.1 Å². The van der Waals surface area contributed by atoms with Crippen LogP contribution in [-0.2, 0) is 6.42 Å². The van der Waals surface area contributed by atoms with Crippen LogP contribution in [0.1, 0.15) is 48.7 Å². The van der Waals surface area contributed by atoms with E-state index in [-0.39, 0.29) is 23.7 Å². The molecule has 2 aliphatic rings. The van der Waals surface area contributed by atoms with Gasteiger partial charge in [-0.05, 0) is 68.2 Å². The molecule has 1 atom stereocenters. The third kappa shape index (κ3) is 4.17. The van der Waals surface area contributed by atoms with Gasteiger partial charge in [0.25, 0.3) is 5.91 Å². The second kappa shape index (κ2) is 7.17. The molecule has 1 amide bonds. The van der Waals surface area contributed by atoms with Crippen LogP contribution in [0.15, 0.2) is 30.3 Å². The van der Waals surface area contributed by atoms with E-state index >= 15 is 0 Å². The van der Waals surface area contributed by atoms with Crippen LogP contribution in [0.4, 0.5) is 4.39 Å². The van der Waals surface area contributed by atoms with Crippen molar-refractivity contribution in [2.24, 2.45) is 17.6 Å². The maximum Gasteiger partial charge on any atom is 0.250 e. The Labute approximate surface area is 163 Å². The number of hydrogen-bond donors (Lipinski definition) is 2. The van der Waals surface area contributed by atoms with Crippen molar-refractivity contribution in [3.05, 3.63) is 47.4 Å². The van der Waals surface area contributed by atoms with Gasteiger partial charge in [0.1, 0.15) is 5.82 Å². The molecule has 1 aromatic heterocycles. The van der Waals surface area contributed by atoms with Gasteiger partial charge in [0.05, 0.1) is 23.5 Å². The molecule has 3 N–H and O–H groups in total. The lowest BCUT2D eigenvalue weighted by Crippen LogP contribution is -2.32. The van der Waals surface area contributed by atoms with E-state index in [4.69, 9.17) is 10.5 Å². The lowest BCUT2D eigenvalue weighted by molar-refractivity contribution is 0.0359. The van der Waals surface area contributed by atoms with Crippen molar-refractivity contribution in [1.82, 2.24) is 4.98 Å². The molecule has 0 saturated heterocycles. The molecular weight excluding hydrogens is 359 g/mol. The smallest absolute Gasteiger partial charge is 0.250 e. The number of nitrogens with two attached hydrogens (primary N) is 1. The summed E-state index contributed by atoms with van der Waals surface area (Å²) in [4.78, 5) is 16.7. The summed E-state index contributed by atoms with van der Waals surface area (Å²) >= 11 is 0. The second-order valence-electron chi connectivity index (χ2n) is 8.27. The van der Waals surface area contributed by atoms with Crippen LogP contribution in [0.5, 0.6) is 5.88 Å². The van der Waals surface area contributed by atoms with E-state index in [0.29, 0.717) is 35.2 Å². The third-order valence-electron chi connectivity index (χ3n) is 5.62. The van der Waals surface area contributed by atoms with E-state index < -0.39 is 11.5 Å². The first-order valence-corrected chi connectivity index (χ1v) is 9.78. The Bertz CT molecular complexity index is 887. The SMILES string of the molecule is C[C@@](O)(Cc1nc(OCC2CC2)c(-c2ccc(F)cc2)cc1C(N)=O)C1CC1. The van der Waals surface area contributed by atoms with Gasteiger partial charge in [-0.2, -0.15) is 0 Å². The number of amides is 1. The highest BCUT2D eigenvalue weighted by atomic mass is 19.1. The number of carbonyl (C=O) groups is 1. The summed E-state index contributed by atoms with van der Waals surface area (Å²) in [7, 11) is 0. The lowest BCUT2D eigenvalue weighted by Gasteiger charge is -2.24. The van der Waals surface area contributed by atoms with Crippen molar-refractivity contribution in [2.75, 3.05) is 6.61 Å². The van der Waals surface area contributed by atoms with Crippen molar-refractivity contribution in [1.29, 1.82) is 0 Å².